The van der Waals surface area contributed by atoms with Crippen molar-refractivity contribution in [3.63, 3.8) is 0 Å². The second kappa shape index (κ2) is 3.79. The zero-order valence-corrected chi connectivity index (χ0v) is 7.94. The van der Waals surface area contributed by atoms with E-state index in [2.05, 4.69) is 10.2 Å². The molecule has 0 saturated carbocycles. The number of hydrogen-bond donors (Lipinski definition) is 2. The number of nitrogens with one attached hydrogen (secondary N) is 1. The number of rotatable bonds is 3. The fraction of sp³-hybridized carbons (Fsp3) is 0.556. The van der Waals surface area contributed by atoms with E-state index in [1.54, 1.807) is 6.20 Å². The molecule has 1 aromatic heterocycles. The SMILES string of the molecule is NC1CC(=O)N(CCc2cn[nH]c2)C1. The molecule has 2 heterocycles. The van der Waals surface area contributed by atoms with Crippen LogP contribution in [0, 0.1) is 0 Å². The zero-order valence-electron chi connectivity index (χ0n) is 7.94. The van der Waals surface area contributed by atoms with Crippen molar-refractivity contribution in [3.8, 4) is 0 Å². The second-order valence-corrected chi connectivity index (χ2v) is 3.66. The molecule has 0 aromatic carbocycles. The summed E-state index contributed by atoms with van der Waals surface area (Å²) in [5.74, 6) is 0.168. The van der Waals surface area contributed by atoms with Crippen LogP contribution in [0.5, 0.6) is 0 Å². The highest BCUT2D eigenvalue weighted by molar-refractivity contribution is 5.79. The Hall–Kier alpha value is -1.36. The van der Waals surface area contributed by atoms with Crippen molar-refractivity contribution in [1.29, 1.82) is 0 Å². The average Bonchev–Trinajstić information content (AvgIpc) is 2.72. The number of carbonyl (C=O) groups excluding carboxylic acids is 1. The molecular weight excluding hydrogens is 180 g/mol. The summed E-state index contributed by atoms with van der Waals surface area (Å²) in [4.78, 5) is 13.2. The summed E-state index contributed by atoms with van der Waals surface area (Å²) in [6, 6.07) is 0.0202. The minimum absolute atomic E-state index is 0.0202. The van der Waals surface area contributed by atoms with Crippen LogP contribution in [-0.2, 0) is 11.2 Å². The molecule has 5 nitrogen and oxygen atoms in total. The van der Waals surface area contributed by atoms with Gasteiger partial charge in [-0.25, -0.2) is 0 Å². The summed E-state index contributed by atoms with van der Waals surface area (Å²) in [6.07, 6.45) is 4.96. The molecule has 1 atom stereocenters. The first-order chi connectivity index (χ1) is 6.75. The Morgan fingerprint density at radius 1 is 1.71 bits per heavy atom. The van der Waals surface area contributed by atoms with E-state index in [0.29, 0.717) is 13.0 Å². The standard InChI is InChI=1S/C9H14N4O/c10-8-3-9(14)13(6-8)2-1-7-4-11-12-5-7/h4-5,8H,1-3,6,10H2,(H,11,12). The molecule has 1 aliphatic rings. The molecule has 14 heavy (non-hydrogen) atoms. The lowest BCUT2D eigenvalue weighted by molar-refractivity contribution is -0.127. The van der Waals surface area contributed by atoms with Crippen molar-refractivity contribution in [3.05, 3.63) is 18.0 Å². The van der Waals surface area contributed by atoms with Crippen LogP contribution < -0.4 is 5.73 Å². The van der Waals surface area contributed by atoms with Gasteiger partial charge in [0.1, 0.15) is 0 Å². The quantitative estimate of drug-likeness (QED) is 0.682. The number of amides is 1. The molecule has 0 aliphatic carbocycles. The molecule has 0 spiro atoms. The normalized spacial score (nSPS) is 21.9. The first-order valence-corrected chi connectivity index (χ1v) is 4.76. The number of H-pyrrole nitrogens is 1. The van der Waals surface area contributed by atoms with Crippen molar-refractivity contribution in [2.75, 3.05) is 13.1 Å². The van der Waals surface area contributed by atoms with E-state index in [-0.39, 0.29) is 11.9 Å². The topological polar surface area (TPSA) is 75.0 Å². The zero-order chi connectivity index (χ0) is 9.97. The monoisotopic (exact) mass is 194 g/mol. The predicted octanol–water partition coefficient (Wildman–Crippen LogP) is -0.488. The average molecular weight is 194 g/mol. The summed E-state index contributed by atoms with van der Waals surface area (Å²) in [7, 11) is 0. The van der Waals surface area contributed by atoms with E-state index in [9.17, 15) is 4.79 Å². The molecule has 3 N–H and O–H groups in total. The Morgan fingerprint density at radius 2 is 2.57 bits per heavy atom. The third-order valence-corrected chi connectivity index (χ3v) is 2.47. The molecule has 5 heteroatoms. The molecule has 1 amide bonds. The highest BCUT2D eigenvalue weighted by Crippen LogP contribution is 2.09. The smallest absolute Gasteiger partial charge is 0.224 e. The van der Waals surface area contributed by atoms with Gasteiger partial charge in [-0.05, 0) is 12.0 Å². The van der Waals surface area contributed by atoms with Crippen LogP contribution in [0.25, 0.3) is 0 Å². The maximum absolute atomic E-state index is 11.4. The molecule has 0 radical (unpaired) electrons. The Bertz CT molecular complexity index is 309. The molecule has 1 aromatic rings. The van der Waals surface area contributed by atoms with E-state index in [0.717, 1.165) is 18.5 Å². The van der Waals surface area contributed by atoms with Crippen LogP contribution in [0.4, 0.5) is 0 Å². The van der Waals surface area contributed by atoms with E-state index >= 15 is 0 Å². The van der Waals surface area contributed by atoms with Crippen LogP contribution in [-0.4, -0.2) is 40.1 Å². The maximum atomic E-state index is 11.4. The minimum Gasteiger partial charge on any atom is -0.341 e. The van der Waals surface area contributed by atoms with Crippen LogP contribution in [0.1, 0.15) is 12.0 Å². The van der Waals surface area contributed by atoms with Crippen LogP contribution >= 0.6 is 0 Å². The first kappa shape index (κ1) is 9.21. The highest BCUT2D eigenvalue weighted by atomic mass is 16.2. The van der Waals surface area contributed by atoms with Crippen molar-refractivity contribution < 1.29 is 4.79 Å². The highest BCUT2D eigenvalue weighted by Gasteiger charge is 2.26. The largest absolute Gasteiger partial charge is 0.341 e. The lowest BCUT2D eigenvalue weighted by Gasteiger charge is -2.14. The van der Waals surface area contributed by atoms with Crippen molar-refractivity contribution >= 4 is 5.91 Å². The van der Waals surface area contributed by atoms with Gasteiger partial charge in [-0.3, -0.25) is 9.89 Å². The number of hydrogen-bond acceptors (Lipinski definition) is 3. The molecule has 0 bridgehead atoms. The predicted molar refractivity (Wildman–Crippen MR) is 51.5 cm³/mol. The molecule has 1 unspecified atom stereocenters. The third-order valence-electron chi connectivity index (χ3n) is 2.47. The molecule has 2 rings (SSSR count). The second-order valence-electron chi connectivity index (χ2n) is 3.66. The number of nitrogens with zero attached hydrogens (tertiary/aromatic N) is 2. The maximum Gasteiger partial charge on any atom is 0.224 e. The van der Waals surface area contributed by atoms with E-state index in [1.807, 2.05) is 11.1 Å². The Kier molecular flexibility index (Phi) is 2.49. The summed E-state index contributed by atoms with van der Waals surface area (Å²) < 4.78 is 0. The van der Waals surface area contributed by atoms with Gasteiger partial charge in [0.15, 0.2) is 0 Å². The lowest BCUT2D eigenvalue weighted by atomic mass is 10.2. The first-order valence-electron chi connectivity index (χ1n) is 4.76. The van der Waals surface area contributed by atoms with E-state index in [4.69, 9.17) is 5.73 Å². The lowest BCUT2D eigenvalue weighted by Crippen LogP contribution is -2.30. The minimum atomic E-state index is 0.0202. The van der Waals surface area contributed by atoms with Gasteiger partial charge >= 0.3 is 0 Å². The van der Waals surface area contributed by atoms with Crippen molar-refractivity contribution in [2.24, 2.45) is 5.73 Å². The fourth-order valence-corrected chi connectivity index (χ4v) is 1.70. The van der Waals surface area contributed by atoms with Gasteiger partial charge < -0.3 is 10.6 Å². The number of likely N-dealkylation sites (tertiary alicyclic amines) is 1. The molecule has 1 fully saturated rings. The molecule has 1 aliphatic heterocycles. The Morgan fingerprint density at radius 3 is 3.14 bits per heavy atom. The summed E-state index contributed by atoms with van der Waals surface area (Å²) in [6.45, 7) is 1.43. The van der Waals surface area contributed by atoms with Crippen LogP contribution in [0.15, 0.2) is 12.4 Å². The van der Waals surface area contributed by atoms with Crippen molar-refractivity contribution in [2.45, 2.75) is 18.9 Å². The van der Waals surface area contributed by atoms with Gasteiger partial charge in [0.2, 0.25) is 5.91 Å². The molecule has 76 valence electrons. The Labute approximate surface area is 82.3 Å². The van der Waals surface area contributed by atoms with Gasteiger partial charge in [-0.1, -0.05) is 0 Å². The fourth-order valence-electron chi connectivity index (χ4n) is 1.70. The number of aromatic amines is 1. The number of aromatic nitrogens is 2. The summed E-state index contributed by atoms with van der Waals surface area (Å²) in [5.41, 5.74) is 6.81. The third kappa shape index (κ3) is 1.93. The van der Waals surface area contributed by atoms with E-state index in [1.165, 1.54) is 0 Å². The summed E-state index contributed by atoms with van der Waals surface area (Å²) in [5, 5.41) is 6.60. The van der Waals surface area contributed by atoms with Gasteiger partial charge in [-0.15, -0.1) is 0 Å². The van der Waals surface area contributed by atoms with Gasteiger partial charge in [0.25, 0.3) is 0 Å². The van der Waals surface area contributed by atoms with Gasteiger partial charge in [-0.2, -0.15) is 5.10 Å². The van der Waals surface area contributed by atoms with Gasteiger partial charge in [0.05, 0.1) is 6.20 Å². The van der Waals surface area contributed by atoms with Gasteiger partial charge in [0, 0.05) is 31.7 Å². The summed E-state index contributed by atoms with van der Waals surface area (Å²) >= 11 is 0. The molecular formula is C9H14N4O. The molecule has 1 saturated heterocycles. The number of carbonyl (C=O) groups is 1. The van der Waals surface area contributed by atoms with Crippen LogP contribution in [0.3, 0.4) is 0 Å². The number of nitrogens with two attached hydrogens (primary N) is 1. The van der Waals surface area contributed by atoms with Crippen molar-refractivity contribution in [1.82, 2.24) is 15.1 Å². The van der Waals surface area contributed by atoms with Crippen LogP contribution in [0.2, 0.25) is 0 Å². The Balaban J connectivity index is 1.84. The van der Waals surface area contributed by atoms with E-state index < -0.39 is 0 Å².